The van der Waals surface area contributed by atoms with Crippen LogP contribution in [-0.4, -0.2) is 28.1 Å². The molecule has 1 fully saturated rings. The van der Waals surface area contributed by atoms with Crippen LogP contribution in [0, 0.1) is 6.92 Å². The van der Waals surface area contributed by atoms with E-state index in [0.717, 1.165) is 16.5 Å². The largest absolute Gasteiger partial charge is 0.478 e. The van der Waals surface area contributed by atoms with Gasteiger partial charge in [0, 0.05) is 17.0 Å². The molecule has 1 aliphatic carbocycles. The number of nitrogens with one attached hydrogen (secondary N) is 1. The van der Waals surface area contributed by atoms with Gasteiger partial charge in [0.05, 0.1) is 5.56 Å². The Bertz CT molecular complexity index is 461. The Balaban J connectivity index is 1.97. The maximum Gasteiger partial charge on any atom is 0.335 e. The van der Waals surface area contributed by atoms with Gasteiger partial charge < -0.3 is 10.4 Å². The van der Waals surface area contributed by atoms with E-state index in [9.17, 15) is 4.79 Å². The molecule has 1 aromatic rings. The minimum Gasteiger partial charge on any atom is -0.478 e. The van der Waals surface area contributed by atoms with E-state index in [2.05, 4.69) is 12.2 Å². The average molecular weight is 279 g/mol. The summed E-state index contributed by atoms with van der Waals surface area (Å²) in [7, 11) is 0. The molecule has 0 bridgehead atoms. The molecule has 0 amide bonds. The Kier molecular flexibility index (Phi) is 4.75. The second kappa shape index (κ2) is 6.33. The first-order valence-electron chi connectivity index (χ1n) is 6.82. The molecule has 2 rings (SSSR count). The van der Waals surface area contributed by atoms with Crippen LogP contribution in [0.5, 0.6) is 0 Å². The third-order valence-corrected chi connectivity index (χ3v) is 4.85. The number of carboxylic acids is 1. The van der Waals surface area contributed by atoms with Crippen molar-refractivity contribution in [1.29, 1.82) is 0 Å². The molecule has 0 radical (unpaired) electrons. The predicted molar refractivity (Wildman–Crippen MR) is 81.3 cm³/mol. The summed E-state index contributed by atoms with van der Waals surface area (Å²) in [4.78, 5) is 11.0. The number of thioether (sulfide) groups is 1. The molecule has 1 aliphatic rings. The minimum absolute atomic E-state index is 0.386. The van der Waals surface area contributed by atoms with Crippen LogP contribution in [0.3, 0.4) is 0 Å². The standard InChI is InChI=1S/C15H21NO2S/c1-3-19-13-6-4-12(9-13)16-11-5-7-14(15(17)18)10(2)8-11/h5,7-8,12-13,16H,3-4,6,9H2,1-2H3,(H,17,18). The number of rotatable bonds is 5. The highest BCUT2D eigenvalue weighted by atomic mass is 32.2. The van der Waals surface area contributed by atoms with Crippen LogP contribution in [0.15, 0.2) is 18.2 Å². The van der Waals surface area contributed by atoms with E-state index in [-0.39, 0.29) is 0 Å². The Morgan fingerprint density at radius 2 is 2.26 bits per heavy atom. The van der Waals surface area contributed by atoms with E-state index in [1.807, 2.05) is 30.8 Å². The van der Waals surface area contributed by atoms with Gasteiger partial charge in [0.15, 0.2) is 0 Å². The molecule has 0 aliphatic heterocycles. The lowest BCUT2D eigenvalue weighted by atomic mass is 10.1. The lowest BCUT2D eigenvalue weighted by Gasteiger charge is -2.15. The monoisotopic (exact) mass is 279 g/mol. The highest BCUT2D eigenvalue weighted by Gasteiger charge is 2.24. The number of aromatic carboxylic acids is 1. The van der Waals surface area contributed by atoms with Gasteiger partial charge in [-0.2, -0.15) is 11.8 Å². The molecular formula is C15H21NO2S. The van der Waals surface area contributed by atoms with Gasteiger partial charge in [0.2, 0.25) is 0 Å². The minimum atomic E-state index is -0.857. The van der Waals surface area contributed by atoms with Crippen molar-refractivity contribution in [2.75, 3.05) is 11.1 Å². The van der Waals surface area contributed by atoms with E-state index in [1.165, 1.54) is 25.0 Å². The van der Waals surface area contributed by atoms with Crippen molar-refractivity contribution in [1.82, 2.24) is 0 Å². The second-order valence-corrected chi connectivity index (χ2v) is 6.64. The molecule has 19 heavy (non-hydrogen) atoms. The van der Waals surface area contributed by atoms with Crippen molar-refractivity contribution >= 4 is 23.4 Å². The molecule has 0 spiro atoms. The molecule has 2 unspecified atom stereocenters. The molecule has 104 valence electrons. The second-order valence-electron chi connectivity index (χ2n) is 5.07. The fraction of sp³-hybridized carbons (Fsp3) is 0.533. The first kappa shape index (κ1) is 14.3. The van der Waals surface area contributed by atoms with Crippen LogP contribution in [0.4, 0.5) is 5.69 Å². The molecule has 1 saturated carbocycles. The lowest BCUT2D eigenvalue weighted by molar-refractivity contribution is 0.0696. The summed E-state index contributed by atoms with van der Waals surface area (Å²) in [5.41, 5.74) is 2.24. The van der Waals surface area contributed by atoms with E-state index < -0.39 is 5.97 Å². The van der Waals surface area contributed by atoms with Crippen molar-refractivity contribution in [3.05, 3.63) is 29.3 Å². The van der Waals surface area contributed by atoms with Crippen molar-refractivity contribution in [2.45, 2.75) is 44.4 Å². The van der Waals surface area contributed by atoms with Gasteiger partial charge >= 0.3 is 5.97 Å². The lowest BCUT2D eigenvalue weighted by Crippen LogP contribution is -2.16. The van der Waals surface area contributed by atoms with E-state index in [1.54, 1.807) is 6.07 Å². The van der Waals surface area contributed by atoms with Crippen molar-refractivity contribution in [3.8, 4) is 0 Å². The van der Waals surface area contributed by atoms with Crippen molar-refractivity contribution in [3.63, 3.8) is 0 Å². The summed E-state index contributed by atoms with van der Waals surface area (Å²) in [5.74, 6) is 0.327. The predicted octanol–water partition coefficient (Wildman–Crippen LogP) is 3.78. The summed E-state index contributed by atoms with van der Waals surface area (Å²) in [6.45, 7) is 4.05. The van der Waals surface area contributed by atoms with E-state index in [0.29, 0.717) is 11.6 Å². The Morgan fingerprint density at radius 1 is 1.47 bits per heavy atom. The Labute approximate surface area is 118 Å². The van der Waals surface area contributed by atoms with Crippen LogP contribution in [0.25, 0.3) is 0 Å². The molecule has 0 heterocycles. The molecule has 0 aromatic heterocycles. The smallest absolute Gasteiger partial charge is 0.335 e. The fourth-order valence-electron chi connectivity index (χ4n) is 2.69. The number of hydrogen-bond donors (Lipinski definition) is 2. The van der Waals surface area contributed by atoms with Crippen LogP contribution in [0.1, 0.15) is 42.1 Å². The van der Waals surface area contributed by atoms with Crippen LogP contribution in [-0.2, 0) is 0 Å². The summed E-state index contributed by atoms with van der Waals surface area (Å²) >= 11 is 2.04. The van der Waals surface area contributed by atoms with E-state index in [4.69, 9.17) is 5.11 Å². The van der Waals surface area contributed by atoms with Crippen molar-refractivity contribution in [2.24, 2.45) is 0 Å². The zero-order valence-corrected chi connectivity index (χ0v) is 12.3. The third kappa shape index (κ3) is 3.66. The normalized spacial score (nSPS) is 22.4. The summed E-state index contributed by atoms with van der Waals surface area (Å²) in [6.07, 6.45) is 3.69. The molecular weight excluding hydrogens is 258 g/mol. The number of anilines is 1. The number of carboxylic acid groups (broad SMARTS) is 1. The summed E-state index contributed by atoms with van der Waals surface area (Å²) in [6, 6.07) is 6.02. The van der Waals surface area contributed by atoms with Gasteiger partial charge in [0.1, 0.15) is 0 Å². The summed E-state index contributed by atoms with van der Waals surface area (Å²) in [5, 5.41) is 13.3. The van der Waals surface area contributed by atoms with Gasteiger partial charge in [-0.25, -0.2) is 4.79 Å². The van der Waals surface area contributed by atoms with Crippen LogP contribution < -0.4 is 5.32 Å². The molecule has 1 aromatic carbocycles. The molecule has 0 saturated heterocycles. The molecule has 2 atom stereocenters. The zero-order valence-electron chi connectivity index (χ0n) is 11.5. The number of aryl methyl sites for hydroxylation is 1. The maximum atomic E-state index is 11.0. The third-order valence-electron chi connectivity index (χ3n) is 3.61. The zero-order chi connectivity index (χ0) is 13.8. The maximum absolute atomic E-state index is 11.0. The summed E-state index contributed by atoms with van der Waals surface area (Å²) < 4.78 is 0. The first-order valence-corrected chi connectivity index (χ1v) is 7.87. The molecule has 3 nitrogen and oxygen atoms in total. The molecule has 2 N–H and O–H groups in total. The Morgan fingerprint density at radius 3 is 2.89 bits per heavy atom. The van der Waals surface area contributed by atoms with E-state index >= 15 is 0 Å². The highest BCUT2D eigenvalue weighted by Crippen LogP contribution is 2.31. The van der Waals surface area contributed by atoms with Gasteiger partial charge in [-0.15, -0.1) is 0 Å². The first-order chi connectivity index (χ1) is 9.10. The van der Waals surface area contributed by atoms with Gasteiger partial charge in [-0.1, -0.05) is 6.92 Å². The SMILES string of the molecule is CCSC1CCC(Nc2ccc(C(=O)O)c(C)c2)C1. The van der Waals surface area contributed by atoms with Gasteiger partial charge in [-0.05, 0) is 55.7 Å². The number of hydrogen-bond acceptors (Lipinski definition) is 3. The topological polar surface area (TPSA) is 49.3 Å². The quantitative estimate of drug-likeness (QED) is 0.861. The van der Waals surface area contributed by atoms with Gasteiger partial charge in [0.25, 0.3) is 0 Å². The fourth-order valence-corrected chi connectivity index (χ4v) is 3.83. The highest BCUT2D eigenvalue weighted by molar-refractivity contribution is 7.99. The van der Waals surface area contributed by atoms with Crippen LogP contribution >= 0.6 is 11.8 Å². The van der Waals surface area contributed by atoms with Gasteiger partial charge in [-0.3, -0.25) is 0 Å². The number of benzene rings is 1. The average Bonchev–Trinajstić information content (AvgIpc) is 2.76. The van der Waals surface area contributed by atoms with Crippen molar-refractivity contribution < 1.29 is 9.90 Å². The Hall–Kier alpha value is -1.16. The number of carbonyl (C=O) groups is 1. The van der Waals surface area contributed by atoms with Crippen LogP contribution in [0.2, 0.25) is 0 Å². The molecule has 4 heteroatoms.